The Morgan fingerprint density at radius 2 is 1.84 bits per heavy atom. The van der Waals surface area contributed by atoms with Gasteiger partial charge in [0.05, 0.1) is 13.3 Å². The lowest BCUT2D eigenvalue weighted by molar-refractivity contribution is -0.142. The van der Waals surface area contributed by atoms with E-state index >= 15 is 0 Å². The van der Waals surface area contributed by atoms with Crippen molar-refractivity contribution in [1.29, 1.82) is 0 Å². The van der Waals surface area contributed by atoms with Crippen molar-refractivity contribution in [3.8, 4) is 5.75 Å². The van der Waals surface area contributed by atoms with Crippen LogP contribution in [0, 0.1) is 0 Å². The van der Waals surface area contributed by atoms with Gasteiger partial charge < -0.3 is 15.2 Å². The molecule has 1 atom stereocenters. The second-order valence-corrected chi connectivity index (χ2v) is 5.62. The maximum absolute atomic E-state index is 11.3. The first-order valence-electron chi connectivity index (χ1n) is 6.85. The first-order valence-corrected chi connectivity index (χ1v) is 7.61. The van der Waals surface area contributed by atoms with Crippen LogP contribution in [0.5, 0.6) is 5.75 Å². The summed E-state index contributed by atoms with van der Waals surface area (Å²) < 4.78 is 10.2. The molecule has 0 radical (unpaired) electrons. The van der Waals surface area contributed by atoms with Gasteiger partial charge >= 0.3 is 5.97 Å². The molecule has 0 saturated heterocycles. The molecule has 1 heterocycles. The standard InChI is InChI=1S/C16H16Cl2N2O3.2ClH/c1-22-16(21)15(19)7-10-5-6-11(8-20-10)23-9-12-13(17)3-2-4-14(12)18;;/h2-6,8,15H,7,9,19H2,1H3;2*1H/t15-;;/m0../s1. The molecule has 2 rings (SSSR count). The summed E-state index contributed by atoms with van der Waals surface area (Å²) in [6, 6.07) is 8.03. The van der Waals surface area contributed by atoms with E-state index in [9.17, 15) is 4.79 Å². The molecule has 25 heavy (non-hydrogen) atoms. The van der Waals surface area contributed by atoms with Gasteiger partial charge in [-0.25, -0.2) is 0 Å². The van der Waals surface area contributed by atoms with Crippen LogP contribution in [0.4, 0.5) is 0 Å². The molecule has 0 saturated carbocycles. The zero-order chi connectivity index (χ0) is 16.8. The number of aromatic nitrogens is 1. The van der Waals surface area contributed by atoms with Gasteiger partial charge in [-0.1, -0.05) is 29.3 Å². The van der Waals surface area contributed by atoms with Crippen LogP contribution in [-0.4, -0.2) is 24.1 Å². The third-order valence-electron chi connectivity index (χ3n) is 3.18. The Hall–Kier alpha value is -1.24. The van der Waals surface area contributed by atoms with Gasteiger partial charge in [0.2, 0.25) is 0 Å². The number of hydrogen-bond donors (Lipinski definition) is 1. The van der Waals surface area contributed by atoms with Gasteiger partial charge in [-0.05, 0) is 24.3 Å². The zero-order valence-electron chi connectivity index (χ0n) is 13.3. The minimum absolute atomic E-state index is 0. The lowest BCUT2D eigenvalue weighted by Crippen LogP contribution is -2.33. The molecule has 0 aliphatic carbocycles. The number of carbonyl (C=O) groups excluding carboxylic acids is 1. The van der Waals surface area contributed by atoms with Crippen LogP contribution in [0.15, 0.2) is 36.5 Å². The number of carbonyl (C=O) groups is 1. The summed E-state index contributed by atoms with van der Waals surface area (Å²) in [7, 11) is 1.30. The molecule has 2 N–H and O–H groups in total. The molecule has 1 aromatic heterocycles. The minimum atomic E-state index is -0.735. The molecule has 2 aromatic rings. The molecule has 9 heteroatoms. The van der Waals surface area contributed by atoms with E-state index in [0.717, 1.165) is 0 Å². The SMILES string of the molecule is COC(=O)[C@@H](N)Cc1ccc(OCc2c(Cl)cccc2Cl)cn1.Cl.Cl. The Morgan fingerprint density at radius 1 is 1.20 bits per heavy atom. The van der Waals surface area contributed by atoms with E-state index in [4.69, 9.17) is 33.7 Å². The first kappa shape index (κ1) is 23.8. The molecule has 0 bridgehead atoms. The number of pyridine rings is 1. The van der Waals surface area contributed by atoms with Crippen molar-refractivity contribution in [3.05, 3.63) is 57.8 Å². The number of nitrogens with two attached hydrogens (primary N) is 1. The van der Waals surface area contributed by atoms with E-state index in [1.807, 2.05) is 0 Å². The third-order valence-corrected chi connectivity index (χ3v) is 3.88. The van der Waals surface area contributed by atoms with Crippen LogP contribution < -0.4 is 10.5 Å². The normalized spacial score (nSPS) is 10.9. The van der Waals surface area contributed by atoms with E-state index in [2.05, 4.69) is 9.72 Å². The summed E-state index contributed by atoms with van der Waals surface area (Å²) in [5, 5.41) is 1.09. The highest BCUT2D eigenvalue weighted by Crippen LogP contribution is 2.25. The number of ether oxygens (including phenoxy) is 2. The van der Waals surface area contributed by atoms with Crippen LogP contribution in [-0.2, 0) is 22.6 Å². The maximum atomic E-state index is 11.3. The Bertz CT molecular complexity index is 663. The van der Waals surface area contributed by atoms with Gasteiger partial charge in [0.25, 0.3) is 0 Å². The van der Waals surface area contributed by atoms with E-state index < -0.39 is 12.0 Å². The number of benzene rings is 1. The highest BCUT2D eigenvalue weighted by atomic mass is 35.5. The molecule has 1 aromatic carbocycles. The van der Waals surface area contributed by atoms with Crippen molar-refractivity contribution in [2.24, 2.45) is 5.73 Å². The lowest BCUT2D eigenvalue weighted by atomic mass is 10.1. The van der Waals surface area contributed by atoms with Crippen LogP contribution in [0.1, 0.15) is 11.3 Å². The van der Waals surface area contributed by atoms with Gasteiger partial charge in [0.15, 0.2) is 0 Å². The summed E-state index contributed by atoms with van der Waals surface area (Å²) in [6.45, 7) is 0.237. The average molecular weight is 428 g/mol. The van der Waals surface area contributed by atoms with Crippen molar-refractivity contribution in [2.45, 2.75) is 19.1 Å². The fourth-order valence-corrected chi connectivity index (χ4v) is 2.41. The maximum Gasteiger partial charge on any atom is 0.323 e. The van der Waals surface area contributed by atoms with Gasteiger partial charge in [0.1, 0.15) is 18.4 Å². The van der Waals surface area contributed by atoms with Crippen molar-refractivity contribution in [2.75, 3.05) is 7.11 Å². The molecule has 5 nitrogen and oxygen atoms in total. The molecule has 138 valence electrons. The summed E-state index contributed by atoms with van der Waals surface area (Å²) in [5.41, 5.74) is 7.08. The third kappa shape index (κ3) is 6.88. The summed E-state index contributed by atoms with van der Waals surface area (Å²) >= 11 is 12.2. The highest BCUT2D eigenvalue weighted by molar-refractivity contribution is 6.35. The zero-order valence-corrected chi connectivity index (χ0v) is 16.4. The van der Waals surface area contributed by atoms with Crippen LogP contribution in [0.3, 0.4) is 0 Å². The Kier molecular flexibility index (Phi) is 10.8. The number of halogens is 4. The molecule has 0 amide bonds. The predicted molar refractivity (Wildman–Crippen MR) is 103 cm³/mol. The molecule has 0 aliphatic heterocycles. The van der Waals surface area contributed by atoms with Gasteiger partial charge in [-0.3, -0.25) is 9.78 Å². The number of rotatable bonds is 6. The molecular weight excluding hydrogens is 410 g/mol. The average Bonchev–Trinajstić information content (AvgIpc) is 2.55. The fourth-order valence-electron chi connectivity index (χ4n) is 1.90. The molecule has 0 aliphatic rings. The van der Waals surface area contributed by atoms with Gasteiger partial charge in [-0.15, -0.1) is 24.8 Å². The number of esters is 1. The van der Waals surface area contributed by atoms with E-state index in [1.54, 1.807) is 36.5 Å². The topological polar surface area (TPSA) is 74.4 Å². The van der Waals surface area contributed by atoms with Crippen molar-refractivity contribution in [3.63, 3.8) is 0 Å². The summed E-state index contributed by atoms with van der Waals surface area (Å²) in [5.74, 6) is 0.0943. The van der Waals surface area contributed by atoms with E-state index in [0.29, 0.717) is 33.5 Å². The molecule has 0 unspecified atom stereocenters. The van der Waals surface area contributed by atoms with Crippen molar-refractivity contribution in [1.82, 2.24) is 4.98 Å². The van der Waals surface area contributed by atoms with Gasteiger partial charge in [0, 0.05) is 27.7 Å². The van der Waals surface area contributed by atoms with Crippen LogP contribution in [0.25, 0.3) is 0 Å². The van der Waals surface area contributed by atoms with Crippen LogP contribution in [0.2, 0.25) is 10.0 Å². The second-order valence-electron chi connectivity index (χ2n) is 4.81. The predicted octanol–water partition coefficient (Wildman–Crippen LogP) is 3.85. The number of hydrogen-bond acceptors (Lipinski definition) is 5. The lowest BCUT2D eigenvalue weighted by Gasteiger charge is -2.11. The molecule has 0 fully saturated rings. The van der Waals surface area contributed by atoms with Crippen molar-refractivity contribution < 1.29 is 14.3 Å². The minimum Gasteiger partial charge on any atom is -0.487 e. The Balaban J connectivity index is 0.00000288. The first-order chi connectivity index (χ1) is 11.0. The molecular formula is C16H18Cl4N2O3. The van der Waals surface area contributed by atoms with Crippen LogP contribution >= 0.6 is 48.0 Å². The highest BCUT2D eigenvalue weighted by Gasteiger charge is 2.15. The summed E-state index contributed by atoms with van der Waals surface area (Å²) in [6.07, 6.45) is 1.85. The Morgan fingerprint density at radius 3 is 2.36 bits per heavy atom. The molecule has 0 spiro atoms. The van der Waals surface area contributed by atoms with Crippen molar-refractivity contribution >= 4 is 54.0 Å². The second kappa shape index (κ2) is 11.4. The van der Waals surface area contributed by atoms with Gasteiger partial charge in [-0.2, -0.15) is 0 Å². The smallest absolute Gasteiger partial charge is 0.323 e. The number of methoxy groups -OCH3 is 1. The largest absolute Gasteiger partial charge is 0.487 e. The number of nitrogens with zero attached hydrogens (tertiary/aromatic N) is 1. The van der Waals surface area contributed by atoms with E-state index in [-0.39, 0.29) is 31.4 Å². The fraction of sp³-hybridized carbons (Fsp3) is 0.250. The summed E-state index contributed by atoms with van der Waals surface area (Å²) in [4.78, 5) is 15.5. The monoisotopic (exact) mass is 426 g/mol. The quantitative estimate of drug-likeness (QED) is 0.708. The van der Waals surface area contributed by atoms with E-state index in [1.165, 1.54) is 7.11 Å². The Labute approximate surface area is 168 Å².